The standard InChI is InChI=1S/C22H21N3O4S2/c1-14(20(26)25-22(28)24-17-6-4-3-5-7-17)29-21(27)16-8-10-19(11-9-16)31-13-18-12-30-15(2)23-18/h3-12,14H,13H2,1-2H3,(H2,24,25,26,28). The second-order valence-electron chi connectivity index (χ2n) is 6.53. The van der Waals surface area contributed by atoms with Crippen LogP contribution in [0.5, 0.6) is 0 Å². The Morgan fingerprint density at radius 1 is 1.10 bits per heavy atom. The van der Waals surface area contributed by atoms with E-state index in [-0.39, 0.29) is 0 Å². The first-order valence-electron chi connectivity index (χ1n) is 9.42. The summed E-state index contributed by atoms with van der Waals surface area (Å²) in [7, 11) is 0. The molecule has 1 aromatic heterocycles. The fraction of sp³-hybridized carbons (Fsp3) is 0.182. The van der Waals surface area contributed by atoms with E-state index in [4.69, 9.17) is 4.74 Å². The number of nitrogens with zero attached hydrogens (tertiary/aromatic N) is 1. The molecule has 1 unspecified atom stereocenters. The highest BCUT2D eigenvalue weighted by Crippen LogP contribution is 2.24. The maximum Gasteiger partial charge on any atom is 0.338 e. The van der Waals surface area contributed by atoms with Crippen molar-refractivity contribution >= 4 is 46.7 Å². The van der Waals surface area contributed by atoms with Crippen molar-refractivity contribution < 1.29 is 19.1 Å². The number of thioether (sulfide) groups is 1. The van der Waals surface area contributed by atoms with Crippen LogP contribution in [0.1, 0.15) is 28.0 Å². The van der Waals surface area contributed by atoms with Crippen molar-refractivity contribution in [1.29, 1.82) is 0 Å². The summed E-state index contributed by atoms with van der Waals surface area (Å²) < 4.78 is 5.17. The van der Waals surface area contributed by atoms with E-state index >= 15 is 0 Å². The predicted octanol–water partition coefficient (Wildman–Crippen LogP) is 4.64. The van der Waals surface area contributed by atoms with Gasteiger partial charge in [-0.15, -0.1) is 23.1 Å². The molecule has 160 valence electrons. The molecule has 0 aliphatic carbocycles. The van der Waals surface area contributed by atoms with Crippen LogP contribution in [0.4, 0.5) is 10.5 Å². The Bertz CT molecular complexity index is 1050. The monoisotopic (exact) mass is 455 g/mol. The highest BCUT2D eigenvalue weighted by Gasteiger charge is 2.21. The van der Waals surface area contributed by atoms with E-state index in [2.05, 4.69) is 15.6 Å². The molecular formula is C22H21N3O4S2. The molecule has 0 spiro atoms. The number of hydrogen-bond acceptors (Lipinski definition) is 7. The number of benzene rings is 2. The lowest BCUT2D eigenvalue weighted by Crippen LogP contribution is -2.41. The number of ether oxygens (including phenoxy) is 1. The van der Waals surface area contributed by atoms with Crippen LogP contribution in [0.25, 0.3) is 0 Å². The normalized spacial score (nSPS) is 11.4. The first-order chi connectivity index (χ1) is 14.9. The lowest BCUT2D eigenvalue weighted by Gasteiger charge is -2.13. The molecule has 0 radical (unpaired) electrons. The van der Waals surface area contributed by atoms with E-state index in [1.807, 2.05) is 30.5 Å². The molecule has 9 heteroatoms. The van der Waals surface area contributed by atoms with Gasteiger partial charge in [0.05, 0.1) is 16.3 Å². The number of carbonyl (C=O) groups excluding carboxylic acids is 3. The van der Waals surface area contributed by atoms with Crippen molar-refractivity contribution in [2.45, 2.75) is 30.6 Å². The number of urea groups is 1. The van der Waals surface area contributed by atoms with Gasteiger partial charge in [0, 0.05) is 21.7 Å². The van der Waals surface area contributed by atoms with Crippen LogP contribution in [-0.2, 0) is 15.3 Å². The molecule has 0 aliphatic heterocycles. The number of carbonyl (C=O) groups is 3. The largest absolute Gasteiger partial charge is 0.449 e. The third kappa shape index (κ3) is 6.94. The summed E-state index contributed by atoms with van der Waals surface area (Å²) >= 11 is 3.23. The molecule has 31 heavy (non-hydrogen) atoms. The van der Waals surface area contributed by atoms with Gasteiger partial charge in [-0.05, 0) is 50.2 Å². The zero-order valence-electron chi connectivity index (χ0n) is 17.0. The summed E-state index contributed by atoms with van der Waals surface area (Å²) in [5, 5.41) is 7.74. The molecule has 7 nitrogen and oxygen atoms in total. The number of imide groups is 1. The van der Waals surface area contributed by atoms with Gasteiger partial charge in [-0.2, -0.15) is 0 Å². The first-order valence-corrected chi connectivity index (χ1v) is 11.3. The molecule has 3 amide bonds. The highest BCUT2D eigenvalue weighted by atomic mass is 32.2. The molecule has 2 aromatic carbocycles. The third-order valence-corrected chi connectivity index (χ3v) is 5.93. The average Bonchev–Trinajstić information content (AvgIpc) is 3.18. The second-order valence-corrected chi connectivity index (χ2v) is 8.64. The molecule has 0 saturated carbocycles. The highest BCUT2D eigenvalue weighted by molar-refractivity contribution is 7.98. The van der Waals surface area contributed by atoms with Crippen LogP contribution in [0.3, 0.4) is 0 Å². The SMILES string of the molecule is Cc1nc(CSc2ccc(C(=O)OC(C)C(=O)NC(=O)Nc3ccccc3)cc2)cs1. The minimum Gasteiger partial charge on any atom is -0.449 e. The molecular weight excluding hydrogens is 434 g/mol. The number of aryl methyl sites for hydroxylation is 1. The number of para-hydroxylation sites is 1. The Hall–Kier alpha value is -3.17. The number of nitrogens with one attached hydrogen (secondary N) is 2. The van der Waals surface area contributed by atoms with E-state index in [0.29, 0.717) is 11.3 Å². The van der Waals surface area contributed by atoms with E-state index in [9.17, 15) is 14.4 Å². The van der Waals surface area contributed by atoms with Crippen LogP contribution in [-0.4, -0.2) is 29.0 Å². The molecule has 3 rings (SSSR count). The van der Waals surface area contributed by atoms with Gasteiger partial charge >= 0.3 is 12.0 Å². The van der Waals surface area contributed by atoms with Crippen LogP contribution in [0, 0.1) is 6.92 Å². The summed E-state index contributed by atoms with van der Waals surface area (Å²) in [4.78, 5) is 41.7. The Morgan fingerprint density at radius 3 is 2.45 bits per heavy atom. The predicted molar refractivity (Wildman–Crippen MR) is 121 cm³/mol. The van der Waals surface area contributed by atoms with E-state index in [0.717, 1.165) is 21.3 Å². The summed E-state index contributed by atoms with van der Waals surface area (Å²) in [6.07, 6.45) is -1.13. The quantitative estimate of drug-likeness (QED) is 0.398. The van der Waals surface area contributed by atoms with Crippen molar-refractivity contribution in [2.24, 2.45) is 0 Å². The number of esters is 1. The molecule has 3 aromatic rings. The first kappa shape index (κ1) is 22.5. The zero-order chi connectivity index (χ0) is 22.2. The molecule has 0 bridgehead atoms. The maximum absolute atomic E-state index is 12.3. The van der Waals surface area contributed by atoms with Gasteiger partial charge < -0.3 is 10.1 Å². The molecule has 2 N–H and O–H groups in total. The molecule has 1 atom stereocenters. The van der Waals surface area contributed by atoms with Crippen molar-refractivity contribution in [2.75, 3.05) is 5.32 Å². The topological polar surface area (TPSA) is 97.4 Å². The molecule has 1 heterocycles. The fourth-order valence-corrected chi connectivity index (χ4v) is 4.01. The van der Waals surface area contributed by atoms with Gasteiger partial charge in [-0.3, -0.25) is 10.1 Å². The van der Waals surface area contributed by atoms with Gasteiger partial charge in [-0.25, -0.2) is 14.6 Å². The Balaban J connectivity index is 1.47. The van der Waals surface area contributed by atoms with Crippen molar-refractivity contribution in [3.63, 3.8) is 0 Å². The zero-order valence-corrected chi connectivity index (χ0v) is 18.6. The molecule has 0 fully saturated rings. The van der Waals surface area contributed by atoms with Crippen LogP contribution >= 0.6 is 23.1 Å². The van der Waals surface area contributed by atoms with Crippen LogP contribution in [0.15, 0.2) is 64.9 Å². The number of thiazole rings is 1. The average molecular weight is 456 g/mol. The Kier molecular flexibility index (Phi) is 7.80. The Morgan fingerprint density at radius 2 is 1.81 bits per heavy atom. The summed E-state index contributed by atoms with van der Waals surface area (Å²) in [6.45, 7) is 3.37. The van der Waals surface area contributed by atoms with Crippen LogP contribution < -0.4 is 10.6 Å². The maximum atomic E-state index is 12.3. The minimum absolute atomic E-state index is 0.322. The van der Waals surface area contributed by atoms with E-state index < -0.39 is 24.0 Å². The summed E-state index contributed by atoms with van der Waals surface area (Å²) in [6, 6.07) is 14.9. The molecule has 0 aliphatic rings. The van der Waals surface area contributed by atoms with Gasteiger partial charge in [0.15, 0.2) is 6.10 Å². The van der Waals surface area contributed by atoms with E-state index in [1.54, 1.807) is 59.5 Å². The van der Waals surface area contributed by atoms with Crippen molar-refractivity contribution in [1.82, 2.24) is 10.3 Å². The number of aromatic nitrogens is 1. The lowest BCUT2D eigenvalue weighted by atomic mass is 10.2. The van der Waals surface area contributed by atoms with Gasteiger partial charge in [-0.1, -0.05) is 18.2 Å². The number of amides is 3. The summed E-state index contributed by atoms with van der Waals surface area (Å²) in [5.74, 6) is -0.610. The number of rotatable bonds is 7. The fourth-order valence-electron chi connectivity index (χ4n) is 2.50. The van der Waals surface area contributed by atoms with Crippen LogP contribution in [0.2, 0.25) is 0 Å². The van der Waals surface area contributed by atoms with Crippen molar-refractivity contribution in [3.05, 3.63) is 76.2 Å². The van der Waals surface area contributed by atoms with Gasteiger partial charge in [0.25, 0.3) is 5.91 Å². The third-order valence-electron chi connectivity index (χ3n) is 4.06. The molecule has 0 saturated heterocycles. The van der Waals surface area contributed by atoms with Gasteiger partial charge in [0.2, 0.25) is 0 Å². The second kappa shape index (κ2) is 10.7. The number of hydrogen-bond donors (Lipinski definition) is 2. The van der Waals surface area contributed by atoms with E-state index in [1.165, 1.54) is 6.92 Å². The minimum atomic E-state index is -1.13. The smallest absolute Gasteiger partial charge is 0.338 e. The number of anilines is 1. The van der Waals surface area contributed by atoms with Gasteiger partial charge in [0.1, 0.15) is 0 Å². The summed E-state index contributed by atoms with van der Waals surface area (Å²) in [5.41, 5.74) is 1.88. The Labute approximate surface area is 188 Å². The van der Waals surface area contributed by atoms with Crippen molar-refractivity contribution in [3.8, 4) is 0 Å². The lowest BCUT2D eigenvalue weighted by molar-refractivity contribution is -0.127.